The molecule has 1 saturated heterocycles. The van der Waals surface area contributed by atoms with Gasteiger partial charge in [0.1, 0.15) is 11.6 Å². The SMILES string of the molecule is Cc1c(-c2cc(F)c(N)cc2F)ccc2c3oc(CN4CC(N)C4)nc3c(=O)n(C3CC3)c12. The zero-order valence-electron chi connectivity index (χ0n) is 18.1. The third-order valence-corrected chi connectivity index (χ3v) is 6.64. The van der Waals surface area contributed by atoms with Gasteiger partial charge in [-0.3, -0.25) is 9.69 Å². The minimum absolute atomic E-state index is 0.0554. The number of hydrogen-bond acceptors (Lipinski definition) is 6. The predicted octanol–water partition coefficient (Wildman–Crippen LogP) is 3.46. The van der Waals surface area contributed by atoms with E-state index in [9.17, 15) is 13.6 Å². The Bertz CT molecular complexity index is 1500. The molecule has 2 aromatic carbocycles. The Morgan fingerprint density at radius 1 is 1.15 bits per heavy atom. The number of oxazole rings is 1. The molecule has 1 aliphatic heterocycles. The summed E-state index contributed by atoms with van der Waals surface area (Å²) in [4.78, 5) is 20.1. The van der Waals surface area contributed by atoms with Crippen molar-refractivity contribution in [2.75, 3.05) is 18.8 Å². The maximum atomic E-state index is 14.7. The van der Waals surface area contributed by atoms with Crippen molar-refractivity contribution in [3.63, 3.8) is 0 Å². The molecule has 6 rings (SSSR count). The molecule has 0 radical (unpaired) electrons. The molecular weight excluding hydrogens is 428 g/mol. The average Bonchev–Trinajstić information content (AvgIpc) is 3.49. The van der Waals surface area contributed by atoms with E-state index in [0.717, 1.165) is 43.5 Å². The number of rotatable bonds is 4. The Morgan fingerprint density at radius 2 is 1.91 bits per heavy atom. The first-order chi connectivity index (χ1) is 15.8. The number of halogens is 2. The monoisotopic (exact) mass is 451 g/mol. The second-order valence-electron chi connectivity index (χ2n) is 9.13. The highest BCUT2D eigenvalue weighted by atomic mass is 19.1. The van der Waals surface area contributed by atoms with Gasteiger partial charge in [-0.1, -0.05) is 6.07 Å². The molecule has 0 spiro atoms. The Morgan fingerprint density at radius 3 is 2.61 bits per heavy atom. The third kappa shape index (κ3) is 3.14. The number of pyridine rings is 1. The smallest absolute Gasteiger partial charge is 0.281 e. The van der Waals surface area contributed by atoms with Gasteiger partial charge in [-0.25, -0.2) is 13.8 Å². The van der Waals surface area contributed by atoms with Crippen LogP contribution in [-0.4, -0.2) is 33.6 Å². The van der Waals surface area contributed by atoms with Crippen LogP contribution in [-0.2, 0) is 6.54 Å². The first kappa shape index (κ1) is 20.3. The molecular formula is C24H23F2N5O2. The molecule has 9 heteroatoms. The topological polar surface area (TPSA) is 103 Å². The van der Waals surface area contributed by atoms with Crippen LogP contribution < -0.4 is 17.0 Å². The van der Waals surface area contributed by atoms with Gasteiger partial charge in [0, 0.05) is 42.2 Å². The summed E-state index contributed by atoms with van der Waals surface area (Å²) in [5.41, 5.74) is 13.6. The van der Waals surface area contributed by atoms with E-state index < -0.39 is 11.6 Å². The number of anilines is 1. The van der Waals surface area contributed by atoms with Gasteiger partial charge in [0.2, 0.25) is 5.89 Å². The quantitative estimate of drug-likeness (QED) is 0.461. The van der Waals surface area contributed by atoms with Gasteiger partial charge in [-0.2, -0.15) is 0 Å². The van der Waals surface area contributed by atoms with Gasteiger partial charge in [0.15, 0.2) is 11.1 Å². The molecule has 2 fully saturated rings. The van der Waals surface area contributed by atoms with E-state index in [1.807, 2.05) is 6.92 Å². The Balaban J connectivity index is 1.59. The Hall–Kier alpha value is -3.30. The molecule has 170 valence electrons. The minimum atomic E-state index is -0.688. The number of aryl methyl sites for hydroxylation is 1. The first-order valence-electron chi connectivity index (χ1n) is 11.0. The lowest BCUT2D eigenvalue weighted by molar-refractivity contribution is 0.130. The fourth-order valence-electron chi connectivity index (χ4n) is 4.84. The summed E-state index contributed by atoms with van der Waals surface area (Å²) < 4.78 is 36.7. The normalized spacial score (nSPS) is 17.2. The van der Waals surface area contributed by atoms with Crippen LogP contribution in [0.1, 0.15) is 30.3 Å². The molecule has 2 aromatic heterocycles. The van der Waals surface area contributed by atoms with Gasteiger partial charge < -0.3 is 20.5 Å². The average molecular weight is 451 g/mol. The van der Waals surface area contributed by atoms with Crippen molar-refractivity contribution in [3.05, 3.63) is 57.7 Å². The van der Waals surface area contributed by atoms with E-state index in [-0.39, 0.29) is 28.9 Å². The largest absolute Gasteiger partial charge is 0.438 e. The number of hydrogen-bond donors (Lipinski definition) is 2. The van der Waals surface area contributed by atoms with Crippen LogP contribution in [0.2, 0.25) is 0 Å². The molecule has 33 heavy (non-hydrogen) atoms. The number of fused-ring (bicyclic) bond motifs is 3. The molecule has 1 saturated carbocycles. The van der Waals surface area contributed by atoms with E-state index in [2.05, 4.69) is 9.88 Å². The lowest BCUT2D eigenvalue weighted by Gasteiger charge is -2.35. The Labute approximate surface area is 187 Å². The van der Waals surface area contributed by atoms with Crippen molar-refractivity contribution >= 4 is 27.7 Å². The van der Waals surface area contributed by atoms with E-state index in [4.69, 9.17) is 15.9 Å². The van der Waals surface area contributed by atoms with Crippen molar-refractivity contribution in [1.82, 2.24) is 14.5 Å². The minimum Gasteiger partial charge on any atom is -0.438 e. The summed E-state index contributed by atoms with van der Waals surface area (Å²) >= 11 is 0. The maximum absolute atomic E-state index is 14.7. The fourth-order valence-corrected chi connectivity index (χ4v) is 4.84. The van der Waals surface area contributed by atoms with Crippen LogP contribution in [0.3, 0.4) is 0 Å². The van der Waals surface area contributed by atoms with Crippen molar-refractivity contribution in [1.29, 1.82) is 0 Å². The molecule has 1 aliphatic carbocycles. The highest BCUT2D eigenvalue weighted by Crippen LogP contribution is 2.41. The van der Waals surface area contributed by atoms with Crippen LogP contribution in [0.4, 0.5) is 14.5 Å². The molecule has 0 amide bonds. The number of nitrogens with zero attached hydrogens (tertiary/aromatic N) is 3. The first-order valence-corrected chi connectivity index (χ1v) is 11.0. The van der Waals surface area contributed by atoms with Crippen molar-refractivity contribution < 1.29 is 13.2 Å². The lowest BCUT2D eigenvalue weighted by atomic mass is 9.96. The highest BCUT2D eigenvalue weighted by molar-refractivity contribution is 6.04. The highest BCUT2D eigenvalue weighted by Gasteiger charge is 2.31. The predicted molar refractivity (Wildman–Crippen MR) is 122 cm³/mol. The van der Waals surface area contributed by atoms with Crippen molar-refractivity contribution in [2.45, 2.75) is 38.4 Å². The van der Waals surface area contributed by atoms with Gasteiger partial charge in [-0.05, 0) is 43.0 Å². The van der Waals surface area contributed by atoms with Crippen LogP contribution in [0, 0.1) is 18.6 Å². The zero-order chi connectivity index (χ0) is 23.0. The summed E-state index contributed by atoms with van der Waals surface area (Å²) in [6.07, 6.45) is 1.76. The fraction of sp³-hybridized carbons (Fsp3) is 0.333. The number of nitrogen functional groups attached to an aromatic ring is 1. The van der Waals surface area contributed by atoms with E-state index in [1.54, 1.807) is 16.7 Å². The van der Waals surface area contributed by atoms with Crippen molar-refractivity contribution in [3.8, 4) is 11.1 Å². The summed E-state index contributed by atoms with van der Waals surface area (Å²) in [5.74, 6) is -0.837. The molecule has 0 unspecified atom stereocenters. The zero-order valence-corrected chi connectivity index (χ0v) is 18.1. The summed E-state index contributed by atoms with van der Waals surface area (Å²) in [6, 6.07) is 5.81. The molecule has 0 atom stereocenters. The molecule has 4 aromatic rings. The van der Waals surface area contributed by atoms with Crippen LogP contribution >= 0.6 is 0 Å². The molecule has 4 N–H and O–H groups in total. The van der Waals surface area contributed by atoms with Crippen LogP contribution in [0.15, 0.2) is 33.5 Å². The van der Waals surface area contributed by atoms with E-state index >= 15 is 0 Å². The van der Waals surface area contributed by atoms with Gasteiger partial charge in [0.25, 0.3) is 5.56 Å². The summed E-state index contributed by atoms with van der Waals surface area (Å²) in [5, 5.41) is 0.730. The number of likely N-dealkylation sites (tertiary alicyclic amines) is 1. The Kier molecular flexibility index (Phi) is 4.37. The summed E-state index contributed by atoms with van der Waals surface area (Å²) in [6.45, 7) is 3.82. The third-order valence-electron chi connectivity index (χ3n) is 6.64. The van der Waals surface area contributed by atoms with Gasteiger partial charge in [0.05, 0.1) is 17.7 Å². The van der Waals surface area contributed by atoms with Gasteiger partial charge >= 0.3 is 0 Å². The summed E-state index contributed by atoms with van der Waals surface area (Å²) in [7, 11) is 0. The lowest BCUT2D eigenvalue weighted by Crippen LogP contribution is -2.54. The molecule has 7 nitrogen and oxygen atoms in total. The second kappa shape index (κ2) is 7.10. The number of nitrogens with two attached hydrogens (primary N) is 2. The van der Waals surface area contributed by atoms with E-state index in [0.29, 0.717) is 40.2 Å². The maximum Gasteiger partial charge on any atom is 0.281 e. The van der Waals surface area contributed by atoms with Crippen LogP contribution in [0.5, 0.6) is 0 Å². The van der Waals surface area contributed by atoms with Crippen molar-refractivity contribution in [2.24, 2.45) is 5.73 Å². The van der Waals surface area contributed by atoms with E-state index in [1.165, 1.54) is 0 Å². The molecule has 2 aliphatic rings. The molecule has 0 bridgehead atoms. The second-order valence-corrected chi connectivity index (χ2v) is 9.13. The standard InChI is InChI=1S/C24H23F2N5O2/c1-11-14(16-6-18(26)19(28)7-17(16)25)4-5-15-22(11)31(13-2-3-13)24(32)21-23(15)33-20(29-21)10-30-8-12(27)9-30/h4-7,12-13H,2-3,8-10,27-28H2,1H3. The van der Waals surface area contributed by atoms with Crippen LogP contribution in [0.25, 0.3) is 33.1 Å². The number of aromatic nitrogens is 2. The number of benzene rings is 2. The van der Waals surface area contributed by atoms with Gasteiger partial charge in [-0.15, -0.1) is 0 Å². The molecule has 3 heterocycles.